The summed E-state index contributed by atoms with van der Waals surface area (Å²) < 4.78 is 39.6. The van der Waals surface area contributed by atoms with Crippen molar-refractivity contribution in [3.05, 3.63) is 172 Å². The fourth-order valence-corrected chi connectivity index (χ4v) is 6.67. The third-order valence-corrected chi connectivity index (χ3v) is 9.99. The maximum Gasteiger partial charge on any atom is -0.172 e. The van der Waals surface area contributed by atoms with Crippen molar-refractivity contribution in [1.29, 1.82) is 0 Å². The molecule has 258 valence electrons. The molecule has 1 aliphatic carbocycles. The number of benzene rings is 5. The SMILES string of the molecule is CC(C)(C)c1c[c-]c2c(c1)-c1cc(C(C)(C)C)ccc1C2.FC(F)(F)c1cccc([C](=[Zr+2])c2cccc3ccccc23)c1.[Cl-].[Cl-].c1cc[cH-]c1. The summed E-state index contributed by atoms with van der Waals surface area (Å²) in [4.78, 5) is 0. The molecule has 0 amide bonds. The van der Waals surface area contributed by atoms with Crippen LogP contribution in [0.15, 0.2) is 127 Å². The molecule has 0 aromatic heterocycles. The number of rotatable bonds is 2. The first kappa shape index (κ1) is 41.3. The molecule has 6 aromatic rings. The largest absolute Gasteiger partial charge is 1.00 e. The Bertz CT molecular complexity index is 1940. The number of hydrogen-bond donors (Lipinski definition) is 0. The van der Waals surface area contributed by atoms with Gasteiger partial charge >= 0.3 is 141 Å². The van der Waals surface area contributed by atoms with E-state index in [0.717, 1.165) is 56.3 Å². The van der Waals surface area contributed by atoms with Crippen LogP contribution >= 0.6 is 0 Å². The van der Waals surface area contributed by atoms with Gasteiger partial charge in [0.25, 0.3) is 0 Å². The van der Waals surface area contributed by atoms with Gasteiger partial charge in [-0.1, -0.05) is 76.3 Å². The van der Waals surface area contributed by atoms with Crippen LogP contribution in [0, 0.1) is 6.07 Å². The molecule has 6 aromatic carbocycles. The van der Waals surface area contributed by atoms with Crippen LogP contribution in [0.2, 0.25) is 0 Å². The van der Waals surface area contributed by atoms with E-state index >= 15 is 0 Å². The van der Waals surface area contributed by atoms with E-state index < -0.39 is 11.7 Å². The van der Waals surface area contributed by atoms with Crippen molar-refractivity contribution in [2.75, 3.05) is 0 Å². The van der Waals surface area contributed by atoms with Crippen molar-refractivity contribution in [2.24, 2.45) is 0 Å². The molecule has 0 unspecified atom stereocenters. The molecule has 0 saturated heterocycles. The van der Waals surface area contributed by atoms with E-state index in [-0.39, 0.29) is 35.6 Å². The van der Waals surface area contributed by atoms with E-state index in [1.165, 1.54) is 45.5 Å². The Balaban J connectivity index is 0.000000229. The van der Waals surface area contributed by atoms with Crippen LogP contribution in [0.5, 0.6) is 0 Å². The first-order valence-electron chi connectivity index (χ1n) is 16.2. The molecule has 0 spiro atoms. The summed E-state index contributed by atoms with van der Waals surface area (Å²) in [6.45, 7) is 13.6. The first-order valence-corrected chi connectivity index (χ1v) is 17.5. The molecule has 1 aliphatic rings. The zero-order valence-corrected chi connectivity index (χ0v) is 33.2. The fraction of sp³-hybridized carbons (Fsp3) is 0.227. The Labute approximate surface area is 322 Å². The van der Waals surface area contributed by atoms with Gasteiger partial charge in [0.1, 0.15) is 0 Å². The molecule has 0 nitrogen and oxygen atoms in total. The van der Waals surface area contributed by atoms with Crippen LogP contribution in [-0.4, -0.2) is 3.21 Å². The molecular weight excluding hydrogens is 748 g/mol. The summed E-state index contributed by atoms with van der Waals surface area (Å²) in [5, 5.41) is 2.15. The van der Waals surface area contributed by atoms with Gasteiger partial charge < -0.3 is 24.8 Å². The maximum absolute atomic E-state index is 12.9. The van der Waals surface area contributed by atoms with E-state index in [1.807, 2.05) is 72.8 Å². The zero-order valence-electron chi connectivity index (χ0n) is 29.2. The van der Waals surface area contributed by atoms with Crippen molar-refractivity contribution in [2.45, 2.75) is 65.0 Å². The standard InChI is InChI=1S/C21H25.C18H11F3.C5H5.2ClH.Zr/c1-20(2,3)16-9-7-14-11-15-8-10-17(21(4,5)6)13-19(15)18(14)12-16;19-18(20,21)16-9-3-5-13(12-16)11-15-8-4-7-14-6-1-2-10-17(14)15;1-2-4-5-3-1;;;/h7,9-10,12-13H,11H2,1-6H3;1-10,12H;1-5H;2*1H;/q-1;;-1;;;+2/p-2. The van der Waals surface area contributed by atoms with Gasteiger partial charge in [0, 0.05) is 0 Å². The van der Waals surface area contributed by atoms with E-state index in [2.05, 4.69) is 77.9 Å². The molecule has 6 heteroatoms. The first-order chi connectivity index (χ1) is 22.6. The molecule has 0 radical (unpaired) electrons. The third kappa shape index (κ3) is 10.00. The van der Waals surface area contributed by atoms with Crippen molar-refractivity contribution < 1.29 is 62.2 Å². The van der Waals surface area contributed by atoms with Gasteiger partial charge in [-0.15, -0.1) is 5.56 Å². The average Bonchev–Trinajstić information content (AvgIpc) is 3.75. The van der Waals surface area contributed by atoms with Crippen molar-refractivity contribution >= 4 is 14.0 Å². The second kappa shape index (κ2) is 16.9. The molecule has 0 N–H and O–H groups in total. The number of fused-ring (bicyclic) bond motifs is 4. The van der Waals surface area contributed by atoms with E-state index in [1.54, 1.807) is 6.07 Å². The molecule has 0 bridgehead atoms. The summed E-state index contributed by atoms with van der Waals surface area (Å²) in [6, 6.07) is 44.4. The maximum atomic E-state index is 12.9. The molecule has 0 aliphatic heterocycles. The summed E-state index contributed by atoms with van der Waals surface area (Å²) in [5.41, 5.74) is 9.78. The molecule has 50 heavy (non-hydrogen) atoms. The van der Waals surface area contributed by atoms with E-state index in [0.29, 0.717) is 5.56 Å². The van der Waals surface area contributed by atoms with Crippen LogP contribution in [0.25, 0.3) is 21.9 Å². The van der Waals surface area contributed by atoms with Gasteiger partial charge in [-0.3, -0.25) is 0 Å². The molecule has 7 rings (SSSR count). The molecule has 0 heterocycles. The number of alkyl halides is 3. The van der Waals surface area contributed by atoms with Crippen molar-refractivity contribution in [3.63, 3.8) is 0 Å². The van der Waals surface area contributed by atoms with Gasteiger partial charge in [0.15, 0.2) is 0 Å². The molecule has 0 atom stereocenters. The van der Waals surface area contributed by atoms with Crippen LogP contribution < -0.4 is 24.8 Å². The van der Waals surface area contributed by atoms with Gasteiger partial charge in [-0.25, -0.2) is 12.1 Å². The van der Waals surface area contributed by atoms with Gasteiger partial charge in [0.2, 0.25) is 0 Å². The van der Waals surface area contributed by atoms with Crippen LogP contribution in [0.1, 0.15) is 80.5 Å². The Hall–Kier alpha value is -3.17. The minimum atomic E-state index is -4.31. The third-order valence-electron chi connectivity index (χ3n) is 8.62. The quantitative estimate of drug-likeness (QED) is 0.188. The topological polar surface area (TPSA) is 0 Å². The van der Waals surface area contributed by atoms with Gasteiger partial charge in [0.05, 0.1) is 0 Å². The Morgan fingerprint density at radius 3 is 1.90 bits per heavy atom. The summed E-state index contributed by atoms with van der Waals surface area (Å²) >= 11 is 1.09. The normalized spacial score (nSPS) is 11.8. The van der Waals surface area contributed by atoms with E-state index in [9.17, 15) is 13.2 Å². The van der Waals surface area contributed by atoms with Crippen molar-refractivity contribution in [3.8, 4) is 11.1 Å². The van der Waals surface area contributed by atoms with Gasteiger partial charge in [-0.05, 0) is 17.4 Å². The minimum absolute atomic E-state index is 0. The van der Waals surface area contributed by atoms with Gasteiger partial charge in [-0.2, -0.15) is 47.5 Å². The molecular formula is C44H41Cl2F3Zr-2. The monoisotopic (exact) mass is 786 g/mol. The zero-order chi connectivity index (χ0) is 34.7. The van der Waals surface area contributed by atoms with E-state index in [4.69, 9.17) is 0 Å². The minimum Gasteiger partial charge on any atom is -1.00 e. The van der Waals surface area contributed by atoms with Crippen molar-refractivity contribution in [1.82, 2.24) is 0 Å². The number of halogens is 5. The predicted octanol–water partition coefficient (Wildman–Crippen LogP) is 6.04. The fourth-order valence-electron chi connectivity index (χ4n) is 5.76. The van der Waals surface area contributed by atoms with Crippen LogP contribution in [0.4, 0.5) is 13.2 Å². The smallest absolute Gasteiger partial charge is 0.172 e. The molecule has 0 fully saturated rings. The predicted molar refractivity (Wildman–Crippen MR) is 192 cm³/mol. The van der Waals surface area contributed by atoms with Crippen LogP contribution in [0.3, 0.4) is 0 Å². The average molecular weight is 789 g/mol. The second-order valence-electron chi connectivity index (χ2n) is 14.3. The summed E-state index contributed by atoms with van der Waals surface area (Å²) in [7, 11) is 0. The Morgan fingerprint density at radius 1 is 0.660 bits per heavy atom. The Morgan fingerprint density at radius 2 is 1.28 bits per heavy atom. The number of hydrogen-bond acceptors (Lipinski definition) is 0. The second-order valence-corrected chi connectivity index (χ2v) is 15.5. The molecule has 0 saturated carbocycles. The summed E-state index contributed by atoms with van der Waals surface area (Å²) in [6.07, 6.45) is -3.29. The van der Waals surface area contributed by atoms with Crippen LogP contribution in [-0.2, 0) is 47.7 Å². The summed E-state index contributed by atoms with van der Waals surface area (Å²) in [5.74, 6) is 0. The Kier molecular flexibility index (Phi) is 13.9.